The van der Waals surface area contributed by atoms with E-state index in [1.54, 1.807) is 18.1 Å². The van der Waals surface area contributed by atoms with Crippen molar-refractivity contribution in [2.75, 3.05) is 57.8 Å². The molecule has 170 valence electrons. The van der Waals surface area contributed by atoms with Crippen LogP contribution in [0.5, 0.6) is 5.75 Å². The summed E-state index contributed by atoms with van der Waals surface area (Å²) in [6, 6.07) is 11.1. The standard InChI is InChI=1S/C23H28N4O4S/c1-31-19-5-2-4-18(15-19)27-16-17(14-21(27)28)22(29)24-7-8-25-9-11-26(12-10-25)23(30)20-6-3-13-32-20/h2-6,13,15,17H,7-12,14,16H2,1H3,(H,24,29). The number of methoxy groups -OCH3 is 1. The molecular weight excluding hydrogens is 428 g/mol. The van der Waals surface area contributed by atoms with E-state index < -0.39 is 0 Å². The third kappa shape index (κ3) is 5.11. The van der Waals surface area contributed by atoms with E-state index in [2.05, 4.69) is 10.2 Å². The summed E-state index contributed by atoms with van der Waals surface area (Å²) < 4.78 is 5.23. The van der Waals surface area contributed by atoms with Crippen LogP contribution in [0, 0.1) is 5.92 Å². The first-order valence-electron chi connectivity index (χ1n) is 10.8. The minimum absolute atomic E-state index is 0.0510. The number of carbonyl (C=O) groups is 3. The van der Waals surface area contributed by atoms with Crippen LogP contribution in [-0.4, -0.2) is 80.4 Å². The molecule has 1 unspecified atom stereocenters. The zero-order valence-corrected chi connectivity index (χ0v) is 19.0. The van der Waals surface area contributed by atoms with Crippen molar-refractivity contribution in [1.29, 1.82) is 0 Å². The molecule has 0 bridgehead atoms. The van der Waals surface area contributed by atoms with E-state index in [1.165, 1.54) is 11.3 Å². The fraction of sp³-hybridized carbons (Fsp3) is 0.435. The number of benzene rings is 1. The van der Waals surface area contributed by atoms with E-state index >= 15 is 0 Å². The Labute approximate surface area is 191 Å². The van der Waals surface area contributed by atoms with Gasteiger partial charge in [0.15, 0.2) is 0 Å². The Morgan fingerprint density at radius 3 is 2.69 bits per heavy atom. The lowest BCUT2D eigenvalue weighted by Crippen LogP contribution is -2.50. The van der Waals surface area contributed by atoms with Crippen molar-refractivity contribution in [2.45, 2.75) is 6.42 Å². The number of piperazine rings is 1. The average Bonchev–Trinajstić information content (AvgIpc) is 3.49. The maximum absolute atomic E-state index is 12.6. The SMILES string of the molecule is COc1cccc(N2CC(C(=O)NCCN3CCN(C(=O)c4cccs4)CC3)CC2=O)c1. The minimum Gasteiger partial charge on any atom is -0.497 e. The van der Waals surface area contributed by atoms with Crippen molar-refractivity contribution in [2.24, 2.45) is 5.92 Å². The number of hydrogen-bond donors (Lipinski definition) is 1. The second-order valence-corrected chi connectivity index (χ2v) is 8.96. The van der Waals surface area contributed by atoms with Gasteiger partial charge in [0.05, 0.1) is 17.9 Å². The number of rotatable bonds is 7. The van der Waals surface area contributed by atoms with Crippen LogP contribution in [-0.2, 0) is 9.59 Å². The molecule has 2 saturated heterocycles. The van der Waals surface area contributed by atoms with Crippen LogP contribution in [0.4, 0.5) is 5.69 Å². The highest BCUT2D eigenvalue weighted by molar-refractivity contribution is 7.12. The van der Waals surface area contributed by atoms with Crippen molar-refractivity contribution in [3.63, 3.8) is 0 Å². The molecule has 3 amide bonds. The summed E-state index contributed by atoms with van der Waals surface area (Å²) in [5, 5.41) is 4.90. The molecule has 1 N–H and O–H groups in total. The van der Waals surface area contributed by atoms with Gasteiger partial charge in [-0.05, 0) is 23.6 Å². The molecule has 2 aliphatic rings. The molecule has 8 nitrogen and oxygen atoms in total. The fourth-order valence-corrected chi connectivity index (χ4v) is 4.81. The van der Waals surface area contributed by atoms with Gasteiger partial charge in [-0.3, -0.25) is 19.3 Å². The summed E-state index contributed by atoms with van der Waals surface area (Å²) in [4.78, 5) is 44.1. The lowest BCUT2D eigenvalue weighted by atomic mass is 10.1. The second-order valence-electron chi connectivity index (χ2n) is 8.01. The fourth-order valence-electron chi connectivity index (χ4n) is 4.12. The topological polar surface area (TPSA) is 82.2 Å². The van der Waals surface area contributed by atoms with Gasteiger partial charge in [0.25, 0.3) is 5.91 Å². The Hall–Kier alpha value is -2.91. The van der Waals surface area contributed by atoms with Crippen LogP contribution in [0.2, 0.25) is 0 Å². The summed E-state index contributed by atoms with van der Waals surface area (Å²) in [6.45, 7) is 4.60. The third-order valence-corrected chi connectivity index (χ3v) is 6.84. The van der Waals surface area contributed by atoms with Gasteiger partial charge in [0.2, 0.25) is 11.8 Å². The largest absolute Gasteiger partial charge is 0.497 e. The third-order valence-electron chi connectivity index (χ3n) is 5.98. The minimum atomic E-state index is -0.353. The van der Waals surface area contributed by atoms with E-state index in [4.69, 9.17) is 4.74 Å². The number of anilines is 1. The van der Waals surface area contributed by atoms with Crippen LogP contribution >= 0.6 is 11.3 Å². The van der Waals surface area contributed by atoms with Gasteiger partial charge in [-0.15, -0.1) is 11.3 Å². The molecule has 9 heteroatoms. The highest BCUT2D eigenvalue weighted by Crippen LogP contribution is 2.28. The number of thiophene rings is 1. The summed E-state index contributed by atoms with van der Waals surface area (Å²) in [6.07, 6.45) is 0.215. The van der Waals surface area contributed by atoms with Crippen molar-refractivity contribution in [1.82, 2.24) is 15.1 Å². The number of amides is 3. The lowest BCUT2D eigenvalue weighted by molar-refractivity contribution is -0.126. The van der Waals surface area contributed by atoms with Crippen LogP contribution < -0.4 is 15.0 Å². The predicted octanol–water partition coefficient (Wildman–Crippen LogP) is 1.68. The number of ether oxygens (including phenoxy) is 1. The molecule has 2 aliphatic heterocycles. The summed E-state index contributed by atoms with van der Waals surface area (Å²) in [5.41, 5.74) is 0.750. The molecule has 0 saturated carbocycles. The van der Waals surface area contributed by atoms with Gasteiger partial charge in [0, 0.05) is 64.0 Å². The first-order chi connectivity index (χ1) is 15.5. The molecule has 3 heterocycles. The Kier molecular flexibility index (Phi) is 7.06. The van der Waals surface area contributed by atoms with E-state index in [0.29, 0.717) is 31.9 Å². The first kappa shape index (κ1) is 22.3. The summed E-state index contributed by atoms with van der Waals surface area (Å²) >= 11 is 1.47. The monoisotopic (exact) mass is 456 g/mol. The van der Waals surface area contributed by atoms with Gasteiger partial charge in [0.1, 0.15) is 5.75 Å². The highest BCUT2D eigenvalue weighted by atomic mass is 32.1. The molecule has 0 spiro atoms. The van der Waals surface area contributed by atoms with E-state index in [0.717, 1.165) is 30.2 Å². The number of nitrogens with one attached hydrogen (secondary N) is 1. The smallest absolute Gasteiger partial charge is 0.264 e. The molecule has 1 atom stereocenters. The quantitative estimate of drug-likeness (QED) is 0.686. The van der Waals surface area contributed by atoms with Crippen LogP contribution in [0.25, 0.3) is 0 Å². The molecule has 32 heavy (non-hydrogen) atoms. The Morgan fingerprint density at radius 2 is 1.97 bits per heavy atom. The van der Waals surface area contributed by atoms with Crippen molar-refractivity contribution >= 4 is 34.7 Å². The molecule has 2 fully saturated rings. The van der Waals surface area contributed by atoms with Crippen molar-refractivity contribution in [3.8, 4) is 5.75 Å². The van der Waals surface area contributed by atoms with Gasteiger partial charge in [-0.2, -0.15) is 0 Å². The molecule has 4 rings (SSSR count). The lowest BCUT2D eigenvalue weighted by Gasteiger charge is -2.34. The second kappa shape index (κ2) is 10.1. The Bertz CT molecular complexity index is 957. The van der Waals surface area contributed by atoms with Crippen LogP contribution in [0.1, 0.15) is 16.1 Å². The zero-order valence-electron chi connectivity index (χ0n) is 18.2. The van der Waals surface area contributed by atoms with E-state index in [-0.39, 0.29) is 30.1 Å². The Morgan fingerprint density at radius 1 is 1.16 bits per heavy atom. The Balaban J connectivity index is 1.19. The number of nitrogens with zero attached hydrogens (tertiary/aromatic N) is 3. The number of carbonyl (C=O) groups excluding carboxylic acids is 3. The van der Waals surface area contributed by atoms with Crippen molar-refractivity contribution in [3.05, 3.63) is 46.7 Å². The van der Waals surface area contributed by atoms with Gasteiger partial charge >= 0.3 is 0 Å². The van der Waals surface area contributed by atoms with Gasteiger partial charge in [-0.25, -0.2) is 0 Å². The maximum atomic E-state index is 12.6. The normalized spacial score (nSPS) is 19.3. The number of hydrogen-bond acceptors (Lipinski definition) is 6. The molecule has 0 aliphatic carbocycles. The van der Waals surface area contributed by atoms with Crippen LogP contribution in [0.3, 0.4) is 0 Å². The van der Waals surface area contributed by atoms with Crippen molar-refractivity contribution < 1.29 is 19.1 Å². The molecule has 0 radical (unpaired) electrons. The van der Waals surface area contributed by atoms with Gasteiger partial charge < -0.3 is 19.9 Å². The molecular formula is C23H28N4O4S. The molecule has 2 aromatic rings. The van der Waals surface area contributed by atoms with E-state index in [9.17, 15) is 14.4 Å². The molecule has 1 aromatic carbocycles. The summed E-state index contributed by atoms with van der Waals surface area (Å²) in [5.74, 6) is 0.286. The van der Waals surface area contributed by atoms with E-state index in [1.807, 2.05) is 40.6 Å². The predicted molar refractivity (Wildman–Crippen MR) is 123 cm³/mol. The van der Waals surface area contributed by atoms with Gasteiger partial charge in [-0.1, -0.05) is 12.1 Å². The summed E-state index contributed by atoms with van der Waals surface area (Å²) in [7, 11) is 1.59. The molecule has 1 aromatic heterocycles. The highest BCUT2D eigenvalue weighted by Gasteiger charge is 2.35. The first-order valence-corrected chi connectivity index (χ1v) is 11.7. The van der Waals surface area contributed by atoms with Crippen LogP contribution in [0.15, 0.2) is 41.8 Å². The maximum Gasteiger partial charge on any atom is 0.264 e. The average molecular weight is 457 g/mol. The zero-order chi connectivity index (χ0) is 22.5.